The van der Waals surface area contributed by atoms with Crippen molar-refractivity contribution >= 4 is 0 Å². The van der Waals surface area contributed by atoms with Crippen molar-refractivity contribution in [3.05, 3.63) is 29.3 Å². The second kappa shape index (κ2) is 6.32. The van der Waals surface area contributed by atoms with Crippen molar-refractivity contribution < 1.29 is 14.6 Å². The number of benzene rings is 1. The third kappa shape index (κ3) is 3.07. The zero-order valence-electron chi connectivity index (χ0n) is 14.8. The van der Waals surface area contributed by atoms with Crippen LogP contribution >= 0.6 is 0 Å². The average molecular weight is 331 g/mol. The molecule has 3 atom stereocenters. The highest BCUT2D eigenvalue weighted by atomic mass is 16.5. The second-order valence-electron chi connectivity index (χ2n) is 8.22. The van der Waals surface area contributed by atoms with E-state index in [1.807, 2.05) is 0 Å². The first-order chi connectivity index (χ1) is 11.5. The van der Waals surface area contributed by atoms with Crippen molar-refractivity contribution in [1.29, 1.82) is 0 Å². The minimum absolute atomic E-state index is 0.107. The van der Waals surface area contributed by atoms with Gasteiger partial charge in [0.2, 0.25) is 0 Å². The van der Waals surface area contributed by atoms with Crippen LogP contribution in [0.5, 0.6) is 5.75 Å². The number of fused-ring (bicyclic) bond motifs is 1. The third-order valence-electron chi connectivity index (χ3n) is 5.85. The molecule has 4 heteroatoms. The fraction of sp³-hybridized carbons (Fsp3) is 0.700. The molecule has 3 aliphatic rings. The molecule has 0 spiro atoms. The van der Waals surface area contributed by atoms with E-state index < -0.39 is 0 Å². The van der Waals surface area contributed by atoms with E-state index in [-0.39, 0.29) is 11.7 Å². The van der Waals surface area contributed by atoms with Crippen LogP contribution in [-0.4, -0.2) is 47.5 Å². The fourth-order valence-corrected chi connectivity index (χ4v) is 4.69. The Hall–Kier alpha value is -1.10. The van der Waals surface area contributed by atoms with Gasteiger partial charge in [0.05, 0.1) is 19.3 Å². The van der Waals surface area contributed by atoms with Gasteiger partial charge in [0.25, 0.3) is 0 Å². The van der Waals surface area contributed by atoms with Crippen LogP contribution in [0.1, 0.15) is 44.2 Å². The SMILES string of the molecule is CC1(C)Cc2cccc(CN3CCOC[C@@H]3[C@@H]3CCC[C@H]3O)c2O1. The number of hydrogen-bond acceptors (Lipinski definition) is 4. The summed E-state index contributed by atoms with van der Waals surface area (Å²) in [5.41, 5.74) is 2.49. The number of morpholine rings is 1. The van der Waals surface area contributed by atoms with Gasteiger partial charge in [-0.1, -0.05) is 24.6 Å². The van der Waals surface area contributed by atoms with Gasteiger partial charge in [0.1, 0.15) is 11.4 Å². The lowest BCUT2D eigenvalue weighted by atomic mass is 9.93. The van der Waals surface area contributed by atoms with Gasteiger partial charge < -0.3 is 14.6 Å². The van der Waals surface area contributed by atoms with Crippen molar-refractivity contribution in [2.45, 2.75) is 63.8 Å². The molecule has 1 aliphatic carbocycles. The molecule has 1 aromatic carbocycles. The summed E-state index contributed by atoms with van der Waals surface area (Å²) in [5.74, 6) is 1.43. The molecule has 2 aliphatic heterocycles. The number of ether oxygens (including phenoxy) is 2. The van der Waals surface area contributed by atoms with Crippen LogP contribution in [0.4, 0.5) is 0 Å². The monoisotopic (exact) mass is 331 g/mol. The predicted molar refractivity (Wildman–Crippen MR) is 93.2 cm³/mol. The number of hydrogen-bond donors (Lipinski definition) is 1. The van der Waals surface area contributed by atoms with Crippen LogP contribution in [0.25, 0.3) is 0 Å². The third-order valence-corrected chi connectivity index (χ3v) is 5.85. The summed E-state index contributed by atoms with van der Waals surface area (Å²) in [7, 11) is 0. The van der Waals surface area contributed by atoms with Crippen LogP contribution in [0.3, 0.4) is 0 Å². The first-order valence-electron chi connectivity index (χ1n) is 9.33. The molecule has 1 saturated carbocycles. The van der Waals surface area contributed by atoms with Crippen LogP contribution < -0.4 is 4.74 Å². The van der Waals surface area contributed by atoms with Gasteiger partial charge in [-0.3, -0.25) is 4.90 Å². The smallest absolute Gasteiger partial charge is 0.127 e. The molecule has 1 saturated heterocycles. The molecule has 4 rings (SSSR count). The average Bonchev–Trinajstić information content (AvgIpc) is 3.10. The van der Waals surface area contributed by atoms with E-state index in [1.54, 1.807) is 0 Å². The molecule has 1 N–H and O–H groups in total. The van der Waals surface area contributed by atoms with Crippen molar-refractivity contribution in [2.24, 2.45) is 5.92 Å². The highest BCUT2D eigenvalue weighted by Crippen LogP contribution is 2.39. The predicted octanol–water partition coefficient (Wildman–Crippen LogP) is 2.76. The molecule has 2 heterocycles. The molecule has 0 aromatic heterocycles. The lowest BCUT2D eigenvalue weighted by Crippen LogP contribution is -2.50. The van der Waals surface area contributed by atoms with E-state index in [0.29, 0.717) is 12.0 Å². The Morgan fingerprint density at radius 2 is 2.17 bits per heavy atom. The number of aliphatic hydroxyl groups excluding tert-OH is 1. The maximum atomic E-state index is 10.3. The van der Waals surface area contributed by atoms with Crippen LogP contribution in [0, 0.1) is 5.92 Å². The van der Waals surface area contributed by atoms with Gasteiger partial charge in [-0.2, -0.15) is 0 Å². The van der Waals surface area contributed by atoms with Crippen molar-refractivity contribution in [3.63, 3.8) is 0 Å². The number of aliphatic hydroxyl groups is 1. The summed E-state index contributed by atoms with van der Waals surface area (Å²) < 4.78 is 12.0. The molecule has 132 valence electrons. The minimum atomic E-state index is -0.170. The van der Waals surface area contributed by atoms with Gasteiger partial charge in [-0.15, -0.1) is 0 Å². The molecule has 1 aromatic rings. The molecule has 0 unspecified atom stereocenters. The first kappa shape index (κ1) is 16.4. The highest BCUT2D eigenvalue weighted by Gasteiger charge is 2.38. The van der Waals surface area contributed by atoms with E-state index in [1.165, 1.54) is 11.1 Å². The Morgan fingerprint density at radius 1 is 1.29 bits per heavy atom. The van der Waals surface area contributed by atoms with E-state index in [2.05, 4.69) is 36.9 Å². The highest BCUT2D eigenvalue weighted by molar-refractivity contribution is 5.45. The quantitative estimate of drug-likeness (QED) is 0.925. The Balaban J connectivity index is 1.55. The van der Waals surface area contributed by atoms with Gasteiger partial charge in [-0.25, -0.2) is 0 Å². The van der Waals surface area contributed by atoms with Crippen molar-refractivity contribution in [2.75, 3.05) is 19.8 Å². The summed E-state index contributed by atoms with van der Waals surface area (Å²) >= 11 is 0. The van der Waals surface area contributed by atoms with Gasteiger partial charge in [0, 0.05) is 37.0 Å². The van der Waals surface area contributed by atoms with Crippen LogP contribution in [0.2, 0.25) is 0 Å². The van der Waals surface area contributed by atoms with Gasteiger partial charge >= 0.3 is 0 Å². The van der Waals surface area contributed by atoms with E-state index in [9.17, 15) is 5.11 Å². The van der Waals surface area contributed by atoms with Crippen molar-refractivity contribution in [1.82, 2.24) is 4.90 Å². The normalized spacial score (nSPS) is 32.5. The maximum Gasteiger partial charge on any atom is 0.127 e. The Morgan fingerprint density at radius 3 is 2.96 bits per heavy atom. The lowest BCUT2D eigenvalue weighted by Gasteiger charge is -2.40. The topological polar surface area (TPSA) is 41.9 Å². The Labute approximate surface area is 144 Å². The Bertz CT molecular complexity index is 601. The Kier molecular flexibility index (Phi) is 4.31. The largest absolute Gasteiger partial charge is 0.487 e. The lowest BCUT2D eigenvalue weighted by molar-refractivity contribution is -0.0539. The number of nitrogens with zero attached hydrogens (tertiary/aromatic N) is 1. The van der Waals surface area contributed by atoms with Gasteiger partial charge in [-0.05, 0) is 32.3 Å². The van der Waals surface area contributed by atoms with Crippen molar-refractivity contribution in [3.8, 4) is 5.75 Å². The molecule has 2 fully saturated rings. The first-order valence-corrected chi connectivity index (χ1v) is 9.33. The van der Waals surface area contributed by atoms with E-state index >= 15 is 0 Å². The second-order valence-corrected chi connectivity index (χ2v) is 8.22. The van der Waals surface area contributed by atoms with Gasteiger partial charge in [0.15, 0.2) is 0 Å². The summed E-state index contributed by atoms with van der Waals surface area (Å²) in [4.78, 5) is 2.51. The standard InChI is InChI=1S/C20H29NO3/c1-20(2)11-14-5-3-6-15(19(14)24-20)12-21-9-10-23-13-17(21)16-7-4-8-18(16)22/h3,5-6,16-18,22H,4,7-13H2,1-2H3/t16-,17+,18+/m0/s1. The minimum Gasteiger partial charge on any atom is -0.487 e. The number of rotatable bonds is 3. The van der Waals surface area contributed by atoms with E-state index in [0.717, 1.165) is 57.7 Å². The zero-order chi connectivity index (χ0) is 16.7. The summed E-state index contributed by atoms with van der Waals surface area (Å²) in [6.45, 7) is 7.65. The summed E-state index contributed by atoms with van der Waals surface area (Å²) in [6.07, 6.45) is 3.99. The molecule has 24 heavy (non-hydrogen) atoms. The maximum absolute atomic E-state index is 10.3. The molecule has 4 nitrogen and oxygen atoms in total. The fourth-order valence-electron chi connectivity index (χ4n) is 4.69. The van der Waals surface area contributed by atoms with Crippen LogP contribution in [0.15, 0.2) is 18.2 Å². The molecular weight excluding hydrogens is 302 g/mol. The molecule has 0 amide bonds. The summed E-state index contributed by atoms with van der Waals surface area (Å²) in [5, 5.41) is 10.3. The molecular formula is C20H29NO3. The molecule has 0 bridgehead atoms. The number of para-hydroxylation sites is 1. The molecule has 0 radical (unpaired) electrons. The summed E-state index contributed by atoms with van der Waals surface area (Å²) in [6, 6.07) is 6.85. The zero-order valence-corrected chi connectivity index (χ0v) is 14.8. The van der Waals surface area contributed by atoms with E-state index in [4.69, 9.17) is 9.47 Å². The van der Waals surface area contributed by atoms with Crippen LogP contribution in [-0.2, 0) is 17.7 Å².